The van der Waals surface area contributed by atoms with E-state index in [4.69, 9.17) is 39.6 Å². The summed E-state index contributed by atoms with van der Waals surface area (Å²) in [6.45, 7) is 0. The zero-order valence-electron chi connectivity index (χ0n) is 8.33. The fourth-order valence-electron chi connectivity index (χ4n) is 0.913. The van der Waals surface area contributed by atoms with Gasteiger partial charge < -0.3 is 10.8 Å². The van der Waals surface area contributed by atoms with Gasteiger partial charge in [0.25, 0.3) is 0 Å². The molecule has 0 radical (unpaired) electrons. The predicted molar refractivity (Wildman–Crippen MR) is 66.7 cm³/mol. The fourth-order valence-corrected chi connectivity index (χ4v) is 1.41. The number of rotatable bonds is 3. The summed E-state index contributed by atoms with van der Waals surface area (Å²) in [5.41, 5.74) is 7.23. The Morgan fingerprint density at radius 2 is 2.18 bits per heavy atom. The topological polar surface area (TPSA) is 118 Å². The van der Waals surface area contributed by atoms with E-state index in [0.717, 1.165) is 0 Å². The summed E-state index contributed by atoms with van der Waals surface area (Å²) >= 11 is 11.4. The maximum absolute atomic E-state index is 9.56. The lowest BCUT2D eigenvalue weighted by Crippen LogP contribution is -2.21. The highest BCUT2D eigenvalue weighted by Gasteiger charge is 2.08. The quantitative estimate of drug-likeness (QED) is 0.291. The van der Waals surface area contributed by atoms with Crippen LogP contribution in [0.5, 0.6) is 5.75 Å². The SMILES string of the molecule is N#C/C(=N\Nc1cc(Cl)cc(Cl)c1O)C(=N)N. The molecule has 0 aliphatic carbocycles. The van der Waals surface area contributed by atoms with Gasteiger partial charge in [-0.25, -0.2) is 0 Å². The Morgan fingerprint density at radius 1 is 1.53 bits per heavy atom. The molecule has 17 heavy (non-hydrogen) atoms. The zero-order valence-corrected chi connectivity index (χ0v) is 9.84. The lowest BCUT2D eigenvalue weighted by Gasteiger charge is -2.06. The molecule has 0 bridgehead atoms. The smallest absolute Gasteiger partial charge is 0.201 e. The van der Waals surface area contributed by atoms with Crippen LogP contribution in [0.4, 0.5) is 5.69 Å². The van der Waals surface area contributed by atoms with Gasteiger partial charge in [-0.05, 0) is 12.1 Å². The molecule has 6 nitrogen and oxygen atoms in total. The first kappa shape index (κ1) is 13.1. The van der Waals surface area contributed by atoms with Crippen molar-refractivity contribution in [1.82, 2.24) is 0 Å². The van der Waals surface area contributed by atoms with Gasteiger partial charge in [-0.2, -0.15) is 10.4 Å². The predicted octanol–water partition coefficient (Wildman–Crippen LogP) is 1.93. The van der Waals surface area contributed by atoms with E-state index in [9.17, 15) is 5.11 Å². The molecular weight excluding hydrogens is 265 g/mol. The second kappa shape index (κ2) is 5.39. The van der Waals surface area contributed by atoms with Gasteiger partial charge in [0.2, 0.25) is 5.71 Å². The number of hydrogen-bond acceptors (Lipinski definition) is 5. The summed E-state index contributed by atoms with van der Waals surface area (Å²) in [6.07, 6.45) is 0. The number of amidine groups is 1. The molecule has 88 valence electrons. The van der Waals surface area contributed by atoms with Crippen LogP contribution in [0.3, 0.4) is 0 Å². The second-order valence-corrected chi connectivity index (χ2v) is 3.73. The zero-order chi connectivity index (χ0) is 13.0. The maximum atomic E-state index is 9.56. The van der Waals surface area contributed by atoms with Gasteiger partial charge in [0, 0.05) is 5.02 Å². The molecule has 1 rings (SSSR count). The first-order chi connectivity index (χ1) is 7.95. The van der Waals surface area contributed by atoms with Crippen molar-refractivity contribution in [3.8, 4) is 11.8 Å². The molecule has 1 aromatic rings. The van der Waals surface area contributed by atoms with Crippen LogP contribution in [0.1, 0.15) is 0 Å². The van der Waals surface area contributed by atoms with Crippen LogP contribution >= 0.6 is 23.2 Å². The number of nitrogens with two attached hydrogens (primary N) is 1. The Morgan fingerprint density at radius 3 is 2.71 bits per heavy atom. The van der Waals surface area contributed by atoms with Crippen LogP contribution < -0.4 is 11.2 Å². The minimum Gasteiger partial charge on any atom is -0.504 e. The Balaban J connectivity index is 3.05. The lowest BCUT2D eigenvalue weighted by atomic mass is 10.3. The number of anilines is 1. The molecule has 0 spiro atoms. The third kappa shape index (κ3) is 3.24. The number of nitrogens with one attached hydrogen (secondary N) is 2. The van der Waals surface area contributed by atoms with Crippen LogP contribution in [0.25, 0.3) is 0 Å². The number of aromatic hydroxyl groups is 1. The highest BCUT2D eigenvalue weighted by molar-refractivity contribution is 6.45. The van der Waals surface area contributed by atoms with E-state index in [1.165, 1.54) is 12.1 Å². The molecule has 0 unspecified atom stereocenters. The van der Waals surface area contributed by atoms with Crippen molar-refractivity contribution < 1.29 is 5.11 Å². The highest BCUT2D eigenvalue weighted by Crippen LogP contribution is 2.34. The van der Waals surface area contributed by atoms with E-state index in [1.807, 2.05) is 0 Å². The Labute approximate surface area is 107 Å². The van der Waals surface area contributed by atoms with E-state index in [0.29, 0.717) is 0 Å². The second-order valence-electron chi connectivity index (χ2n) is 2.88. The van der Waals surface area contributed by atoms with Crippen molar-refractivity contribution in [3.63, 3.8) is 0 Å². The normalized spacial score (nSPS) is 10.8. The fraction of sp³-hybridized carbons (Fsp3) is 0. The summed E-state index contributed by atoms with van der Waals surface area (Å²) in [6, 6.07) is 4.32. The third-order valence-corrected chi connectivity index (χ3v) is 2.18. The lowest BCUT2D eigenvalue weighted by molar-refractivity contribution is 0.477. The summed E-state index contributed by atoms with van der Waals surface area (Å²) in [5, 5.41) is 29.0. The summed E-state index contributed by atoms with van der Waals surface area (Å²) in [4.78, 5) is 0. The number of phenolic OH excluding ortho intramolecular Hbond substituents is 1. The van der Waals surface area contributed by atoms with Crippen LogP contribution in [0.2, 0.25) is 10.0 Å². The van der Waals surface area contributed by atoms with Crippen molar-refractivity contribution in [3.05, 3.63) is 22.2 Å². The molecule has 0 aliphatic rings. The maximum Gasteiger partial charge on any atom is 0.201 e. The number of benzene rings is 1. The highest BCUT2D eigenvalue weighted by atomic mass is 35.5. The molecule has 0 amide bonds. The molecule has 5 N–H and O–H groups in total. The summed E-state index contributed by atoms with van der Waals surface area (Å²) < 4.78 is 0. The summed E-state index contributed by atoms with van der Waals surface area (Å²) in [5.74, 6) is -0.756. The van der Waals surface area contributed by atoms with Crippen LogP contribution in [-0.4, -0.2) is 16.7 Å². The monoisotopic (exact) mass is 271 g/mol. The van der Waals surface area contributed by atoms with Crippen molar-refractivity contribution in [2.75, 3.05) is 5.43 Å². The first-order valence-corrected chi connectivity index (χ1v) is 4.97. The van der Waals surface area contributed by atoms with Crippen molar-refractivity contribution in [2.24, 2.45) is 10.8 Å². The summed E-state index contributed by atoms with van der Waals surface area (Å²) in [7, 11) is 0. The number of nitrogens with zero attached hydrogens (tertiary/aromatic N) is 2. The van der Waals surface area contributed by atoms with Gasteiger partial charge in [-0.1, -0.05) is 23.2 Å². The van der Waals surface area contributed by atoms with E-state index < -0.39 is 5.84 Å². The van der Waals surface area contributed by atoms with Crippen molar-refractivity contribution in [2.45, 2.75) is 0 Å². The van der Waals surface area contributed by atoms with E-state index >= 15 is 0 Å². The van der Waals surface area contributed by atoms with E-state index in [-0.39, 0.29) is 27.2 Å². The number of hydrazone groups is 1. The van der Waals surface area contributed by atoms with Crippen molar-refractivity contribution >= 4 is 40.4 Å². The molecular formula is C9H7Cl2N5O. The molecule has 0 aromatic heterocycles. The van der Waals surface area contributed by atoms with Gasteiger partial charge in [0.1, 0.15) is 11.8 Å². The largest absolute Gasteiger partial charge is 0.504 e. The Bertz CT molecular complexity index is 535. The number of nitriles is 1. The van der Waals surface area contributed by atoms with Crippen LogP contribution in [0, 0.1) is 16.7 Å². The van der Waals surface area contributed by atoms with E-state index in [2.05, 4.69) is 10.5 Å². The standard InChI is InChI=1S/C9H7Cl2N5O/c10-4-1-5(11)8(17)6(2-4)15-16-7(3-12)9(13)14/h1-2,15,17H,(H3,13,14)/b16-7+. The minimum absolute atomic E-state index is 0.0385. The molecule has 1 aromatic carbocycles. The molecule has 0 saturated carbocycles. The van der Waals surface area contributed by atoms with Crippen LogP contribution in [0.15, 0.2) is 17.2 Å². The Hall–Kier alpha value is -1.97. The number of hydrogen-bond donors (Lipinski definition) is 4. The molecule has 0 aliphatic heterocycles. The average Bonchev–Trinajstić information content (AvgIpc) is 2.25. The average molecular weight is 272 g/mol. The van der Waals surface area contributed by atoms with Gasteiger partial charge in [0.05, 0.1) is 5.02 Å². The molecule has 0 fully saturated rings. The van der Waals surface area contributed by atoms with Gasteiger partial charge in [-0.15, -0.1) is 0 Å². The van der Waals surface area contributed by atoms with Crippen molar-refractivity contribution in [1.29, 1.82) is 10.7 Å². The van der Waals surface area contributed by atoms with Crippen LogP contribution in [-0.2, 0) is 0 Å². The van der Waals surface area contributed by atoms with E-state index in [1.54, 1.807) is 6.07 Å². The number of halogens is 2. The minimum atomic E-state index is -0.493. The molecule has 0 heterocycles. The third-order valence-electron chi connectivity index (χ3n) is 1.68. The molecule has 0 atom stereocenters. The first-order valence-electron chi connectivity index (χ1n) is 4.22. The molecule has 0 saturated heterocycles. The van der Waals surface area contributed by atoms with Gasteiger partial charge in [0.15, 0.2) is 11.6 Å². The molecule has 8 heteroatoms. The Kier molecular flexibility index (Phi) is 4.15. The number of phenols is 1. The van der Waals surface area contributed by atoms with Gasteiger partial charge in [-0.3, -0.25) is 10.8 Å². The van der Waals surface area contributed by atoms with Gasteiger partial charge >= 0.3 is 0 Å².